The molecule has 1 heterocycles. The minimum absolute atomic E-state index is 0.0857. The number of nitrogens with two attached hydrogens (primary N) is 1. The zero-order valence-electron chi connectivity index (χ0n) is 8.41. The highest BCUT2D eigenvalue weighted by molar-refractivity contribution is 5.91. The Bertz CT molecular complexity index is 410. The van der Waals surface area contributed by atoms with Gasteiger partial charge in [-0.3, -0.25) is 4.98 Å². The molecule has 0 aliphatic carbocycles. The molecule has 0 spiro atoms. The van der Waals surface area contributed by atoms with Gasteiger partial charge in [0.1, 0.15) is 17.0 Å². The van der Waals surface area contributed by atoms with Crippen LogP contribution in [-0.4, -0.2) is 23.2 Å². The minimum atomic E-state index is -2.82. The Morgan fingerprint density at radius 2 is 2.31 bits per heavy atom. The molecule has 1 rings (SSSR count). The van der Waals surface area contributed by atoms with Gasteiger partial charge < -0.3 is 15.6 Å². The molecule has 0 fully saturated rings. The van der Waals surface area contributed by atoms with Gasteiger partial charge in [-0.1, -0.05) is 0 Å². The zero-order chi connectivity index (χ0) is 12.3. The van der Waals surface area contributed by atoms with Crippen LogP contribution in [0.15, 0.2) is 6.20 Å². The molecule has 1 aromatic heterocycles. The molecule has 0 radical (unpaired) electrons. The number of carboxylic acids is 1. The lowest BCUT2D eigenvalue weighted by molar-refractivity contribution is 0.0691. The topological polar surface area (TPSA) is 85.4 Å². The van der Waals surface area contributed by atoms with Crippen LogP contribution in [0.25, 0.3) is 0 Å². The highest BCUT2D eigenvalue weighted by Gasteiger charge is 2.23. The van der Waals surface area contributed by atoms with Crippen LogP contribution < -0.4 is 10.5 Å². The first-order chi connectivity index (χ1) is 7.52. The number of hydrogen-bond donors (Lipinski definition) is 2. The van der Waals surface area contributed by atoms with E-state index in [0.29, 0.717) is 0 Å². The number of nitrogens with zero attached hydrogens (tertiary/aromatic N) is 1. The number of carboxylic acid groups (broad SMARTS) is 1. The largest absolute Gasteiger partial charge is 0.495 e. The molecule has 0 bridgehead atoms. The molecule has 0 saturated carbocycles. The summed E-state index contributed by atoms with van der Waals surface area (Å²) < 4.78 is 29.9. The Morgan fingerprint density at radius 1 is 1.69 bits per heavy atom. The van der Waals surface area contributed by atoms with Gasteiger partial charge in [-0.2, -0.15) is 0 Å². The number of ether oxygens (including phenoxy) is 1. The lowest BCUT2D eigenvalue weighted by atomic mass is 10.1. The Balaban J connectivity index is 3.46. The molecule has 7 heteroatoms. The van der Waals surface area contributed by atoms with Crippen LogP contribution >= 0.6 is 0 Å². The molecule has 3 N–H and O–H groups in total. The standard InChI is InChI=1S/C9H10F2N2O3/c1-16-7-4(2-12)6(8(10)11)13-3-5(7)9(14)15/h3,8H,2,12H2,1H3,(H,14,15). The molecule has 0 aliphatic heterocycles. The Hall–Kier alpha value is -1.76. The predicted octanol–water partition coefficient (Wildman–Crippen LogP) is 1.18. The summed E-state index contributed by atoms with van der Waals surface area (Å²) in [6, 6.07) is 0. The number of methoxy groups -OCH3 is 1. The summed E-state index contributed by atoms with van der Waals surface area (Å²) in [7, 11) is 1.19. The number of hydrogen-bond acceptors (Lipinski definition) is 4. The van der Waals surface area contributed by atoms with Gasteiger partial charge in [-0.25, -0.2) is 13.6 Å². The molecule has 5 nitrogen and oxygen atoms in total. The number of carbonyl (C=O) groups is 1. The molecule has 0 amide bonds. The van der Waals surface area contributed by atoms with Crippen LogP contribution in [-0.2, 0) is 6.54 Å². The summed E-state index contributed by atoms with van der Waals surface area (Å²) in [6.07, 6.45) is -1.99. The van der Waals surface area contributed by atoms with E-state index in [1.807, 2.05) is 0 Å². The van der Waals surface area contributed by atoms with E-state index in [9.17, 15) is 13.6 Å². The van der Waals surface area contributed by atoms with Crippen LogP contribution in [0.3, 0.4) is 0 Å². The number of halogens is 2. The van der Waals surface area contributed by atoms with Crippen molar-refractivity contribution in [3.8, 4) is 5.75 Å². The molecule has 0 unspecified atom stereocenters. The van der Waals surface area contributed by atoms with Crippen molar-refractivity contribution >= 4 is 5.97 Å². The van der Waals surface area contributed by atoms with E-state index in [1.54, 1.807) is 0 Å². The van der Waals surface area contributed by atoms with Gasteiger partial charge in [0.2, 0.25) is 0 Å². The second-order valence-corrected chi connectivity index (χ2v) is 2.88. The van der Waals surface area contributed by atoms with Gasteiger partial charge in [-0.15, -0.1) is 0 Å². The van der Waals surface area contributed by atoms with Crippen molar-refractivity contribution in [2.24, 2.45) is 5.73 Å². The van der Waals surface area contributed by atoms with Crippen molar-refractivity contribution in [2.75, 3.05) is 7.11 Å². The van der Waals surface area contributed by atoms with E-state index in [2.05, 4.69) is 4.98 Å². The van der Waals surface area contributed by atoms with Crippen molar-refractivity contribution in [3.63, 3.8) is 0 Å². The van der Waals surface area contributed by atoms with Crippen LogP contribution in [0, 0.1) is 0 Å². The van der Waals surface area contributed by atoms with E-state index in [4.69, 9.17) is 15.6 Å². The quantitative estimate of drug-likeness (QED) is 0.814. The summed E-state index contributed by atoms with van der Waals surface area (Å²) >= 11 is 0. The van der Waals surface area contributed by atoms with Crippen molar-refractivity contribution in [3.05, 3.63) is 23.0 Å². The normalized spacial score (nSPS) is 10.6. The van der Waals surface area contributed by atoms with E-state index in [1.165, 1.54) is 7.11 Å². The van der Waals surface area contributed by atoms with Crippen LogP contribution in [0.2, 0.25) is 0 Å². The predicted molar refractivity (Wildman–Crippen MR) is 50.6 cm³/mol. The van der Waals surface area contributed by atoms with Crippen molar-refractivity contribution < 1.29 is 23.4 Å². The zero-order valence-corrected chi connectivity index (χ0v) is 8.41. The smallest absolute Gasteiger partial charge is 0.341 e. The third-order valence-electron chi connectivity index (χ3n) is 2.01. The summed E-state index contributed by atoms with van der Waals surface area (Å²) in [4.78, 5) is 14.2. The van der Waals surface area contributed by atoms with Crippen LogP contribution in [0.4, 0.5) is 8.78 Å². The van der Waals surface area contributed by atoms with Gasteiger partial charge in [-0.05, 0) is 0 Å². The fourth-order valence-electron chi connectivity index (χ4n) is 1.32. The number of alkyl halides is 2. The fourth-order valence-corrected chi connectivity index (χ4v) is 1.32. The van der Waals surface area contributed by atoms with Gasteiger partial charge in [0.05, 0.1) is 7.11 Å². The lowest BCUT2D eigenvalue weighted by Gasteiger charge is -2.13. The fraction of sp³-hybridized carbons (Fsp3) is 0.333. The van der Waals surface area contributed by atoms with Crippen molar-refractivity contribution in [1.82, 2.24) is 4.98 Å². The minimum Gasteiger partial charge on any atom is -0.495 e. The Kier molecular flexibility index (Phi) is 3.73. The first-order valence-corrected chi connectivity index (χ1v) is 4.30. The molecule has 0 atom stereocenters. The highest BCUT2D eigenvalue weighted by atomic mass is 19.3. The van der Waals surface area contributed by atoms with Crippen molar-refractivity contribution in [2.45, 2.75) is 13.0 Å². The third kappa shape index (κ3) is 2.08. The molecular formula is C9H10F2N2O3. The maximum Gasteiger partial charge on any atom is 0.341 e. The summed E-state index contributed by atoms with van der Waals surface area (Å²) in [5.41, 5.74) is 4.37. The Labute approximate surface area is 89.9 Å². The first-order valence-electron chi connectivity index (χ1n) is 4.30. The van der Waals surface area contributed by atoms with Crippen molar-refractivity contribution in [1.29, 1.82) is 0 Å². The molecule has 1 aromatic rings. The highest BCUT2D eigenvalue weighted by Crippen LogP contribution is 2.30. The molecule has 0 aromatic carbocycles. The molecule has 0 saturated heterocycles. The SMILES string of the molecule is COc1c(C(=O)O)cnc(C(F)F)c1CN. The average molecular weight is 232 g/mol. The maximum atomic E-state index is 12.5. The van der Waals surface area contributed by atoms with Gasteiger partial charge in [0.15, 0.2) is 0 Å². The summed E-state index contributed by atoms with van der Waals surface area (Å²) in [5, 5.41) is 8.80. The van der Waals surface area contributed by atoms with Crippen LogP contribution in [0.1, 0.15) is 28.0 Å². The number of pyridine rings is 1. The monoisotopic (exact) mass is 232 g/mol. The number of aromatic nitrogens is 1. The average Bonchev–Trinajstić information content (AvgIpc) is 2.26. The van der Waals surface area contributed by atoms with Gasteiger partial charge in [0, 0.05) is 18.3 Å². The maximum absolute atomic E-state index is 12.5. The molecular weight excluding hydrogens is 222 g/mol. The molecule has 0 aliphatic rings. The van der Waals surface area contributed by atoms with E-state index in [0.717, 1.165) is 6.20 Å². The Morgan fingerprint density at radius 3 is 2.69 bits per heavy atom. The molecule has 16 heavy (non-hydrogen) atoms. The van der Waals surface area contributed by atoms with E-state index < -0.39 is 18.1 Å². The van der Waals surface area contributed by atoms with E-state index >= 15 is 0 Å². The number of rotatable bonds is 4. The number of aromatic carboxylic acids is 1. The lowest BCUT2D eigenvalue weighted by Crippen LogP contribution is -2.11. The van der Waals surface area contributed by atoms with E-state index in [-0.39, 0.29) is 23.4 Å². The first kappa shape index (κ1) is 12.3. The summed E-state index contributed by atoms with van der Waals surface area (Å²) in [5.74, 6) is -1.47. The summed E-state index contributed by atoms with van der Waals surface area (Å²) in [6.45, 7) is -0.267. The second-order valence-electron chi connectivity index (χ2n) is 2.88. The van der Waals surface area contributed by atoms with Crippen LogP contribution in [0.5, 0.6) is 5.75 Å². The second kappa shape index (κ2) is 4.84. The molecule has 88 valence electrons. The third-order valence-corrected chi connectivity index (χ3v) is 2.01. The van der Waals surface area contributed by atoms with Gasteiger partial charge in [0.25, 0.3) is 6.43 Å². The van der Waals surface area contributed by atoms with Gasteiger partial charge >= 0.3 is 5.97 Å².